The fraction of sp³-hybridized carbons (Fsp3) is 0.417. The topological polar surface area (TPSA) is 26.3 Å². The van der Waals surface area contributed by atoms with Crippen molar-refractivity contribution in [1.82, 2.24) is 0 Å². The lowest BCUT2D eigenvalue weighted by atomic mass is 10.1. The first-order valence-corrected chi connectivity index (χ1v) is 5.39. The lowest BCUT2D eigenvalue weighted by Gasteiger charge is -2.02. The van der Waals surface area contributed by atoms with E-state index in [4.69, 9.17) is 16.3 Å². The fourth-order valence-electron chi connectivity index (χ4n) is 1.31. The van der Waals surface area contributed by atoms with Crippen LogP contribution < -0.4 is 0 Å². The number of carbonyl (C=O) groups excluding carboxylic acids is 1. The van der Waals surface area contributed by atoms with Crippen LogP contribution in [0.15, 0.2) is 34.4 Å². The first kappa shape index (κ1) is 12.1. The molecule has 0 atom stereocenters. The molecule has 0 aromatic heterocycles. The van der Waals surface area contributed by atoms with E-state index in [0.29, 0.717) is 6.61 Å². The molecule has 0 heterocycles. The molecule has 0 saturated heterocycles. The average molecular weight is 227 g/mol. The Hall–Kier alpha value is -1.02. The molecule has 0 N–H and O–H groups in total. The maximum Gasteiger partial charge on any atom is 0.310 e. The van der Waals surface area contributed by atoms with Crippen LogP contribution in [0.3, 0.4) is 0 Å². The highest BCUT2D eigenvalue weighted by molar-refractivity contribution is 6.31. The van der Waals surface area contributed by atoms with Gasteiger partial charge in [-0.15, -0.1) is 0 Å². The van der Waals surface area contributed by atoms with Crippen molar-refractivity contribution in [2.24, 2.45) is 0 Å². The number of esters is 1. The van der Waals surface area contributed by atoms with Crippen molar-refractivity contribution in [2.45, 2.75) is 26.7 Å². The van der Waals surface area contributed by atoms with Gasteiger partial charge in [-0.2, -0.15) is 0 Å². The molecule has 0 amide bonds. The molecule has 0 radical (unpaired) electrons. The average Bonchev–Trinajstić information content (AvgIpc) is 2.30. The summed E-state index contributed by atoms with van der Waals surface area (Å²) in [6.45, 7) is 4.20. The second-order valence-corrected chi connectivity index (χ2v) is 3.84. The minimum absolute atomic E-state index is 0.211. The molecule has 1 aliphatic carbocycles. The van der Waals surface area contributed by atoms with Crippen LogP contribution in [0, 0.1) is 0 Å². The molecular formula is C12H15ClO2. The van der Waals surface area contributed by atoms with Crippen molar-refractivity contribution < 1.29 is 9.53 Å². The van der Waals surface area contributed by atoms with E-state index in [1.807, 2.05) is 25.2 Å². The summed E-state index contributed by atoms with van der Waals surface area (Å²) in [6, 6.07) is 0. The van der Waals surface area contributed by atoms with Crippen molar-refractivity contribution >= 4 is 17.6 Å². The Morgan fingerprint density at radius 1 is 1.60 bits per heavy atom. The SMILES string of the molecule is CCOC(=O)CC1=CC(Cl)=C(C)CC=C1. The number of allylic oxidation sites excluding steroid dienone is 5. The second kappa shape index (κ2) is 5.76. The highest BCUT2D eigenvalue weighted by atomic mass is 35.5. The molecule has 0 unspecified atom stereocenters. The van der Waals surface area contributed by atoms with Crippen molar-refractivity contribution in [2.75, 3.05) is 6.61 Å². The summed E-state index contributed by atoms with van der Waals surface area (Å²) in [5.41, 5.74) is 2.02. The first-order chi connectivity index (χ1) is 7.13. The summed E-state index contributed by atoms with van der Waals surface area (Å²) in [6.07, 6.45) is 6.89. The molecule has 3 heteroatoms. The first-order valence-electron chi connectivity index (χ1n) is 5.01. The number of ether oxygens (including phenoxy) is 1. The van der Waals surface area contributed by atoms with Crippen LogP contribution in [0.4, 0.5) is 0 Å². The van der Waals surface area contributed by atoms with Crippen LogP contribution in [0.5, 0.6) is 0 Å². The number of halogens is 1. The van der Waals surface area contributed by atoms with Gasteiger partial charge in [-0.1, -0.05) is 29.3 Å². The predicted octanol–water partition coefficient (Wildman–Crippen LogP) is 3.34. The second-order valence-electron chi connectivity index (χ2n) is 3.44. The minimum Gasteiger partial charge on any atom is -0.466 e. The molecule has 0 aromatic carbocycles. The summed E-state index contributed by atoms with van der Waals surface area (Å²) >= 11 is 6.04. The fourth-order valence-corrected chi connectivity index (χ4v) is 1.52. The van der Waals surface area contributed by atoms with Gasteiger partial charge in [0.05, 0.1) is 13.0 Å². The molecule has 1 rings (SSSR count). The molecule has 0 bridgehead atoms. The van der Waals surface area contributed by atoms with Gasteiger partial charge in [-0.05, 0) is 31.9 Å². The Morgan fingerprint density at radius 3 is 3.00 bits per heavy atom. The van der Waals surface area contributed by atoms with E-state index in [0.717, 1.165) is 22.6 Å². The quantitative estimate of drug-likeness (QED) is 0.690. The molecule has 0 saturated carbocycles. The van der Waals surface area contributed by atoms with Gasteiger partial charge in [0.15, 0.2) is 0 Å². The number of carbonyl (C=O) groups is 1. The molecule has 1 aliphatic rings. The molecular weight excluding hydrogens is 212 g/mol. The molecule has 15 heavy (non-hydrogen) atoms. The largest absolute Gasteiger partial charge is 0.466 e. The smallest absolute Gasteiger partial charge is 0.310 e. The van der Waals surface area contributed by atoms with E-state index < -0.39 is 0 Å². The minimum atomic E-state index is -0.211. The van der Waals surface area contributed by atoms with Gasteiger partial charge in [-0.3, -0.25) is 4.79 Å². The van der Waals surface area contributed by atoms with Gasteiger partial charge in [0.2, 0.25) is 0 Å². The van der Waals surface area contributed by atoms with Crippen LogP contribution in [0.25, 0.3) is 0 Å². The Bertz CT molecular complexity index is 338. The van der Waals surface area contributed by atoms with Gasteiger partial charge in [0.25, 0.3) is 0 Å². The van der Waals surface area contributed by atoms with Crippen LogP contribution in [-0.2, 0) is 9.53 Å². The summed E-state index contributed by atoms with van der Waals surface area (Å²) in [5, 5.41) is 0.722. The van der Waals surface area contributed by atoms with Gasteiger partial charge in [-0.25, -0.2) is 0 Å². The third kappa shape index (κ3) is 3.92. The van der Waals surface area contributed by atoms with Crippen LogP contribution in [0.1, 0.15) is 26.7 Å². The molecule has 82 valence electrons. The van der Waals surface area contributed by atoms with E-state index in [9.17, 15) is 4.79 Å². The lowest BCUT2D eigenvalue weighted by Crippen LogP contribution is -2.04. The summed E-state index contributed by atoms with van der Waals surface area (Å²) < 4.78 is 4.87. The zero-order chi connectivity index (χ0) is 11.3. The number of hydrogen-bond acceptors (Lipinski definition) is 2. The highest BCUT2D eigenvalue weighted by Gasteiger charge is 2.07. The Morgan fingerprint density at radius 2 is 2.33 bits per heavy atom. The van der Waals surface area contributed by atoms with Gasteiger partial charge >= 0.3 is 5.97 Å². The zero-order valence-electron chi connectivity index (χ0n) is 9.05. The van der Waals surface area contributed by atoms with E-state index in [-0.39, 0.29) is 12.4 Å². The van der Waals surface area contributed by atoms with E-state index in [1.165, 1.54) is 0 Å². The third-order valence-corrected chi connectivity index (χ3v) is 2.56. The van der Waals surface area contributed by atoms with E-state index >= 15 is 0 Å². The van der Waals surface area contributed by atoms with Crippen LogP contribution in [0.2, 0.25) is 0 Å². The Balaban J connectivity index is 2.70. The predicted molar refractivity (Wildman–Crippen MR) is 61.6 cm³/mol. The van der Waals surface area contributed by atoms with Gasteiger partial charge in [0, 0.05) is 5.03 Å². The van der Waals surface area contributed by atoms with Crippen molar-refractivity contribution in [3.8, 4) is 0 Å². The summed E-state index contributed by atoms with van der Waals surface area (Å²) in [4.78, 5) is 11.3. The molecule has 0 spiro atoms. The maximum atomic E-state index is 11.3. The summed E-state index contributed by atoms with van der Waals surface area (Å²) in [5.74, 6) is -0.211. The molecule has 0 fully saturated rings. The Kier molecular flexibility index (Phi) is 4.63. The normalized spacial score (nSPS) is 16.1. The van der Waals surface area contributed by atoms with Crippen LogP contribution in [-0.4, -0.2) is 12.6 Å². The van der Waals surface area contributed by atoms with E-state index in [1.54, 1.807) is 6.92 Å². The molecule has 0 aromatic rings. The highest BCUT2D eigenvalue weighted by Crippen LogP contribution is 2.22. The Labute approximate surface area is 95.3 Å². The van der Waals surface area contributed by atoms with Crippen molar-refractivity contribution in [3.63, 3.8) is 0 Å². The van der Waals surface area contributed by atoms with Crippen molar-refractivity contribution in [1.29, 1.82) is 0 Å². The molecule has 2 nitrogen and oxygen atoms in total. The monoisotopic (exact) mass is 226 g/mol. The van der Waals surface area contributed by atoms with E-state index in [2.05, 4.69) is 0 Å². The van der Waals surface area contributed by atoms with Crippen LogP contribution >= 0.6 is 11.6 Å². The zero-order valence-corrected chi connectivity index (χ0v) is 9.80. The molecule has 0 aliphatic heterocycles. The standard InChI is InChI=1S/C12H15ClO2/c1-3-15-12(14)8-10-6-4-5-9(2)11(13)7-10/h4,6-7H,3,5,8H2,1-2H3. The summed E-state index contributed by atoms with van der Waals surface area (Å²) in [7, 11) is 0. The number of rotatable bonds is 3. The van der Waals surface area contributed by atoms with Gasteiger partial charge < -0.3 is 4.74 Å². The third-order valence-electron chi connectivity index (χ3n) is 2.13. The van der Waals surface area contributed by atoms with Crippen molar-refractivity contribution in [3.05, 3.63) is 34.4 Å². The maximum absolute atomic E-state index is 11.3. The number of hydrogen-bond donors (Lipinski definition) is 0. The van der Waals surface area contributed by atoms with Gasteiger partial charge in [0.1, 0.15) is 0 Å². The lowest BCUT2D eigenvalue weighted by molar-refractivity contribution is -0.142.